The van der Waals surface area contributed by atoms with Gasteiger partial charge in [0.15, 0.2) is 0 Å². The third-order valence-corrected chi connectivity index (χ3v) is 5.31. The van der Waals surface area contributed by atoms with Crippen LogP contribution in [0.15, 0.2) is 23.5 Å². The molecule has 3 rings (SSSR count). The van der Waals surface area contributed by atoms with E-state index in [1.165, 1.54) is 0 Å². The molecule has 0 unspecified atom stereocenters. The zero-order chi connectivity index (χ0) is 15.0. The monoisotopic (exact) mass is 305 g/mol. The number of carboxylic acid groups (broad SMARTS) is 1. The standard InChI is InChI=1S/C15H19N3O2S/c1-10(2)11-7-12-14(16-5-6-18(12)17-11)21-9-15(3-4-15)8-13(19)20/h5-7,10H,3-4,8-9H2,1-2H3,(H,19,20). The first kappa shape index (κ1) is 14.4. The van der Waals surface area contributed by atoms with Gasteiger partial charge in [0, 0.05) is 18.1 Å². The Hall–Kier alpha value is -1.56. The summed E-state index contributed by atoms with van der Waals surface area (Å²) >= 11 is 1.65. The molecule has 1 saturated carbocycles. The number of hydrogen-bond acceptors (Lipinski definition) is 4. The van der Waals surface area contributed by atoms with Gasteiger partial charge in [-0.15, -0.1) is 11.8 Å². The minimum Gasteiger partial charge on any atom is -0.481 e. The Bertz CT molecular complexity index is 677. The first-order chi connectivity index (χ1) is 9.99. The second-order valence-electron chi connectivity index (χ2n) is 6.15. The molecule has 0 bridgehead atoms. The molecule has 0 amide bonds. The summed E-state index contributed by atoms with van der Waals surface area (Å²) in [6, 6.07) is 2.08. The Morgan fingerprint density at radius 1 is 1.52 bits per heavy atom. The van der Waals surface area contributed by atoms with Crippen molar-refractivity contribution in [2.75, 3.05) is 5.75 Å². The lowest BCUT2D eigenvalue weighted by Gasteiger charge is -2.11. The predicted molar refractivity (Wildman–Crippen MR) is 81.7 cm³/mol. The van der Waals surface area contributed by atoms with Crippen molar-refractivity contribution in [3.8, 4) is 0 Å². The van der Waals surface area contributed by atoms with Crippen LogP contribution >= 0.6 is 11.8 Å². The normalized spacial score (nSPS) is 16.5. The Labute approximate surface area is 127 Å². The summed E-state index contributed by atoms with van der Waals surface area (Å²) in [6.45, 7) is 4.24. The number of fused-ring (bicyclic) bond motifs is 1. The van der Waals surface area contributed by atoms with Crippen LogP contribution in [0.3, 0.4) is 0 Å². The van der Waals surface area contributed by atoms with Crippen molar-refractivity contribution in [3.05, 3.63) is 24.2 Å². The van der Waals surface area contributed by atoms with Crippen molar-refractivity contribution >= 4 is 23.2 Å². The topological polar surface area (TPSA) is 67.5 Å². The van der Waals surface area contributed by atoms with Crippen LogP contribution in [0.2, 0.25) is 0 Å². The van der Waals surface area contributed by atoms with Crippen LogP contribution in [0, 0.1) is 5.41 Å². The maximum atomic E-state index is 10.9. The third kappa shape index (κ3) is 3.05. The molecule has 0 atom stereocenters. The molecule has 0 spiro atoms. The van der Waals surface area contributed by atoms with Gasteiger partial charge in [0.25, 0.3) is 0 Å². The first-order valence-electron chi connectivity index (χ1n) is 7.18. The summed E-state index contributed by atoms with van der Waals surface area (Å²) in [5, 5.41) is 14.5. The smallest absolute Gasteiger partial charge is 0.303 e. The molecule has 5 nitrogen and oxygen atoms in total. The van der Waals surface area contributed by atoms with Gasteiger partial charge in [-0.3, -0.25) is 4.79 Å². The number of carbonyl (C=O) groups is 1. The van der Waals surface area contributed by atoms with Crippen molar-refractivity contribution in [3.63, 3.8) is 0 Å². The Balaban J connectivity index is 1.79. The summed E-state index contributed by atoms with van der Waals surface area (Å²) in [5.74, 6) is 0.490. The van der Waals surface area contributed by atoms with Crippen LogP contribution in [-0.4, -0.2) is 31.4 Å². The average Bonchev–Trinajstić information content (AvgIpc) is 3.01. The third-order valence-electron chi connectivity index (χ3n) is 3.96. The average molecular weight is 305 g/mol. The molecular formula is C15H19N3O2S. The number of carboxylic acids is 1. The van der Waals surface area contributed by atoms with E-state index < -0.39 is 5.97 Å². The molecular weight excluding hydrogens is 286 g/mol. The van der Waals surface area contributed by atoms with Crippen molar-refractivity contribution < 1.29 is 9.90 Å². The van der Waals surface area contributed by atoms with Crippen molar-refractivity contribution in [1.29, 1.82) is 0 Å². The van der Waals surface area contributed by atoms with Gasteiger partial charge >= 0.3 is 5.97 Å². The SMILES string of the molecule is CC(C)c1cc2c(SCC3(CC(=O)O)CC3)nccn2n1. The summed E-state index contributed by atoms with van der Waals surface area (Å²) in [6.07, 6.45) is 5.89. The Morgan fingerprint density at radius 3 is 2.90 bits per heavy atom. The van der Waals surface area contributed by atoms with E-state index in [4.69, 9.17) is 5.11 Å². The van der Waals surface area contributed by atoms with Gasteiger partial charge in [0.1, 0.15) is 5.03 Å². The second-order valence-corrected chi connectivity index (χ2v) is 7.11. The fourth-order valence-electron chi connectivity index (χ4n) is 2.40. The molecule has 0 aliphatic heterocycles. The van der Waals surface area contributed by atoms with E-state index in [0.717, 1.165) is 34.8 Å². The lowest BCUT2D eigenvalue weighted by atomic mass is 10.1. The minimum absolute atomic E-state index is 0.0219. The molecule has 1 fully saturated rings. The summed E-state index contributed by atoms with van der Waals surface area (Å²) in [4.78, 5) is 15.4. The number of hydrogen-bond donors (Lipinski definition) is 1. The van der Waals surface area contributed by atoms with Gasteiger partial charge in [-0.05, 0) is 30.2 Å². The van der Waals surface area contributed by atoms with Gasteiger partial charge in [0.2, 0.25) is 0 Å². The minimum atomic E-state index is -0.703. The molecule has 0 radical (unpaired) electrons. The van der Waals surface area contributed by atoms with E-state index >= 15 is 0 Å². The Kier molecular flexibility index (Phi) is 3.65. The van der Waals surface area contributed by atoms with Gasteiger partial charge in [-0.2, -0.15) is 5.10 Å². The van der Waals surface area contributed by atoms with Gasteiger partial charge in [0.05, 0.1) is 17.6 Å². The van der Waals surface area contributed by atoms with Crippen LogP contribution in [0.1, 0.15) is 44.7 Å². The molecule has 112 valence electrons. The summed E-state index contributed by atoms with van der Waals surface area (Å²) in [5.41, 5.74) is 2.04. The van der Waals surface area contributed by atoms with E-state index in [2.05, 4.69) is 30.0 Å². The second kappa shape index (κ2) is 5.33. The highest BCUT2D eigenvalue weighted by Gasteiger charge is 2.44. The van der Waals surface area contributed by atoms with Gasteiger partial charge in [-0.1, -0.05) is 13.8 Å². The lowest BCUT2D eigenvalue weighted by Crippen LogP contribution is -2.11. The van der Waals surface area contributed by atoms with E-state index in [1.54, 1.807) is 18.0 Å². The van der Waals surface area contributed by atoms with Gasteiger partial charge in [-0.25, -0.2) is 9.50 Å². The number of aromatic nitrogens is 3. The molecule has 2 heterocycles. The number of nitrogens with zero attached hydrogens (tertiary/aromatic N) is 3. The van der Waals surface area contributed by atoms with E-state index in [0.29, 0.717) is 5.92 Å². The van der Waals surface area contributed by atoms with E-state index in [9.17, 15) is 4.79 Å². The molecule has 1 aliphatic rings. The van der Waals surface area contributed by atoms with Crippen molar-refractivity contribution in [2.45, 2.75) is 44.1 Å². The fourth-order valence-corrected chi connectivity index (χ4v) is 3.67. The zero-order valence-corrected chi connectivity index (χ0v) is 13.1. The maximum absolute atomic E-state index is 10.9. The molecule has 0 aromatic carbocycles. The number of rotatable bonds is 6. The van der Waals surface area contributed by atoms with Crippen molar-refractivity contribution in [1.82, 2.24) is 14.6 Å². The highest BCUT2D eigenvalue weighted by Crippen LogP contribution is 2.52. The van der Waals surface area contributed by atoms with Crippen LogP contribution < -0.4 is 0 Å². The summed E-state index contributed by atoms with van der Waals surface area (Å²) in [7, 11) is 0. The lowest BCUT2D eigenvalue weighted by molar-refractivity contribution is -0.138. The molecule has 2 aromatic heterocycles. The van der Waals surface area contributed by atoms with Crippen LogP contribution in [0.5, 0.6) is 0 Å². The van der Waals surface area contributed by atoms with Crippen LogP contribution in [0.4, 0.5) is 0 Å². The van der Waals surface area contributed by atoms with E-state index in [1.807, 2.05) is 10.7 Å². The molecule has 0 saturated heterocycles. The maximum Gasteiger partial charge on any atom is 0.303 e. The number of thioether (sulfide) groups is 1. The highest BCUT2D eigenvalue weighted by atomic mass is 32.2. The molecule has 2 aromatic rings. The molecule has 1 aliphatic carbocycles. The zero-order valence-electron chi connectivity index (χ0n) is 12.2. The quantitative estimate of drug-likeness (QED) is 0.830. The largest absolute Gasteiger partial charge is 0.481 e. The summed E-state index contributed by atoms with van der Waals surface area (Å²) < 4.78 is 1.86. The van der Waals surface area contributed by atoms with Crippen LogP contribution in [0.25, 0.3) is 5.52 Å². The highest BCUT2D eigenvalue weighted by molar-refractivity contribution is 7.99. The van der Waals surface area contributed by atoms with E-state index in [-0.39, 0.29) is 11.8 Å². The van der Waals surface area contributed by atoms with Crippen molar-refractivity contribution in [2.24, 2.45) is 5.41 Å². The Morgan fingerprint density at radius 2 is 2.29 bits per heavy atom. The predicted octanol–water partition coefficient (Wildman–Crippen LogP) is 3.20. The molecule has 21 heavy (non-hydrogen) atoms. The molecule has 1 N–H and O–H groups in total. The molecule has 6 heteroatoms. The first-order valence-corrected chi connectivity index (χ1v) is 8.17. The van der Waals surface area contributed by atoms with Crippen LogP contribution in [-0.2, 0) is 4.79 Å². The fraction of sp³-hybridized carbons (Fsp3) is 0.533. The van der Waals surface area contributed by atoms with Gasteiger partial charge < -0.3 is 5.11 Å². The number of aliphatic carboxylic acids is 1.